The highest BCUT2D eigenvalue weighted by atomic mass is 19.1. The highest BCUT2D eigenvalue weighted by molar-refractivity contribution is 5.13. The van der Waals surface area contributed by atoms with Gasteiger partial charge in [0.1, 0.15) is 11.9 Å². The van der Waals surface area contributed by atoms with E-state index in [0.29, 0.717) is 13.0 Å². The Kier molecular flexibility index (Phi) is 8.93. The quantitative estimate of drug-likeness (QED) is 0.249. The number of ether oxygens (including phenoxy) is 1. The van der Waals surface area contributed by atoms with Crippen molar-refractivity contribution in [2.24, 2.45) is 5.11 Å². The van der Waals surface area contributed by atoms with Crippen molar-refractivity contribution < 1.29 is 9.13 Å². The van der Waals surface area contributed by atoms with Crippen molar-refractivity contribution >= 4 is 0 Å². The lowest BCUT2D eigenvalue weighted by Crippen LogP contribution is -2.14. The fourth-order valence-corrected chi connectivity index (χ4v) is 1.95. The van der Waals surface area contributed by atoms with Gasteiger partial charge >= 0.3 is 0 Å². The van der Waals surface area contributed by atoms with Crippen LogP contribution in [0.15, 0.2) is 47.3 Å². The van der Waals surface area contributed by atoms with E-state index in [1.54, 1.807) is 0 Å². The van der Waals surface area contributed by atoms with E-state index < -0.39 is 6.10 Å². The van der Waals surface area contributed by atoms with Gasteiger partial charge in [-0.2, -0.15) is 0 Å². The summed E-state index contributed by atoms with van der Waals surface area (Å²) in [7, 11) is 0. The van der Waals surface area contributed by atoms with Gasteiger partial charge in [-0.3, -0.25) is 0 Å². The molecule has 4 nitrogen and oxygen atoms in total. The Balaban J connectivity index is 2.58. The van der Waals surface area contributed by atoms with Gasteiger partial charge in [0.15, 0.2) is 0 Å². The SMILES string of the molecule is CCCCCC(OCc1ccccc1)/C(F)=C/CN=[N+]=[N-]. The summed E-state index contributed by atoms with van der Waals surface area (Å²) in [5, 5.41) is 3.32. The first-order valence-electron chi connectivity index (χ1n) is 7.29. The molecule has 5 heteroatoms. The van der Waals surface area contributed by atoms with Crippen LogP contribution in [0.5, 0.6) is 0 Å². The zero-order valence-corrected chi connectivity index (χ0v) is 12.4. The third-order valence-corrected chi connectivity index (χ3v) is 3.10. The van der Waals surface area contributed by atoms with Crippen LogP contribution < -0.4 is 0 Å². The maximum Gasteiger partial charge on any atom is 0.125 e. The highest BCUT2D eigenvalue weighted by Crippen LogP contribution is 2.18. The number of azide groups is 1. The lowest BCUT2D eigenvalue weighted by molar-refractivity contribution is 0.0429. The van der Waals surface area contributed by atoms with E-state index in [1.807, 2.05) is 30.3 Å². The number of unbranched alkanes of at least 4 members (excludes halogenated alkanes) is 2. The van der Waals surface area contributed by atoms with Gasteiger partial charge in [0.05, 0.1) is 6.61 Å². The monoisotopic (exact) mass is 291 g/mol. The Hall–Kier alpha value is -1.84. The standard InChI is InChI=1S/C16H22FN3O/c1-2-3-5-10-16(15(17)11-12-19-20-18)21-13-14-8-6-4-7-9-14/h4,6-9,11,16H,2-3,5,10,12-13H2,1H3/b15-11-. The summed E-state index contributed by atoms with van der Waals surface area (Å²) in [5.41, 5.74) is 9.23. The lowest BCUT2D eigenvalue weighted by Gasteiger charge is -2.16. The van der Waals surface area contributed by atoms with E-state index in [1.165, 1.54) is 6.08 Å². The molecule has 0 aliphatic carbocycles. The van der Waals surface area contributed by atoms with Crippen LogP contribution in [0.4, 0.5) is 4.39 Å². The zero-order valence-electron chi connectivity index (χ0n) is 12.4. The van der Waals surface area contributed by atoms with Gasteiger partial charge in [0, 0.05) is 11.5 Å². The molecule has 0 fully saturated rings. The maximum atomic E-state index is 14.1. The van der Waals surface area contributed by atoms with Crippen LogP contribution in [0.25, 0.3) is 10.4 Å². The molecule has 0 bridgehead atoms. The van der Waals surface area contributed by atoms with Crippen LogP contribution >= 0.6 is 0 Å². The first kappa shape index (κ1) is 17.2. The van der Waals surface area contributed by atoms with Gasteiger partial charge < -0.3 is 4.74 Å². The molecule has 0 saturated carbocycles. The number of halogens is 1. The average Bonchev–Trinajstić information content (AvgIpc) is 2.52. The Bertz CT molecular complexity index is 470. The van der Waals surface area contributed by atoms with Crippen molar-refractivity contribution in [1.82, 2.24) is 0 Å². The molecule has 1 aromatic carbocycles. The maximum absolute atomic E-state index is 14.1. The molecule has 1 unspecified atom stereocenters. The molecule has 0 saturated heterocycles. The third-order valence-electron chi connectivity index (χ3n) is 3.10. The van der Waals surface area contributed by atoms with Crippen molar-refractivity contribution in [2.75, 3.05) is 6.54 Å². The molecule has 0 radical (unpaired) electrons. The molecule has 1 atom stereocenters. The smallest absolute Gasteiger partial charge is 0.125 e. The second-order valence-corrected chi connectivity index (χ2v) is 4.78. The Morgan fingerprint density at radius 2 is 2.14 bits per heavy atom. The van der Waals surface area contributed by atoms with Crippen LogP contribution in [0.3, 0.4) is 0 Å². The molecule has 0 spiro atoms. The fraction of sp³-hybridized carbons (Fsp3) is 0.500. The van der Waals surface area contributed by atoms with Gasteiger partial charge in [-0.25, -0.2) is 4.39 Å². The van der Waals surface area contributed by atoms with Gasteiger partial charge in [-0.05, 0) is 23.6 Å². The fourth-order valence-electron chi connectivity index (χ4n) is 1.95. The van der Waals surface area contributed by atoms with Gasteiger partial charge in [0.25, 0.3) is 0 Å². The molecule has 1 rings (SSSR count). The van der Waals surface area contributed by atoms with Crippen LogP contribution in [0, 0.1) is 0 Å². The van der Waals surface area contributed by atoms with E-state index >= 15 is 0 Å². The minimum absolute atomic E-state index is 0.0152. The van der Waals surface area contributed by atoms with Crippen molar-refractivity contribution in [2.45, 2.75) is 45.3 Å². The number of benzene rings is 1. The predicted molar refractivity (Wildman–Crippen MR) is 82.4 cm³/mol. The molecule has 0 amide bonds. The number of nitrogens with zero attached hydrogens (tertiary/aromatic N) is 3. The molecular weight excluding hydrogens is 269 g/mol. The molecule has 0 aliphatic heterocycles. The summed E-state index contributed by atoms with van der Waals surface area (Å²) in [4.78, 5) is 2.61. The molecule has 21 heavy (non-hydrogen) atoms. The first-order chi connectivity index (χ1) is 10.3. The minimum Gasteiger partial charge on any atom is -0.366 e. The van der Waals surface area contributed by atoms with Gasteiger partial charge in [0.2, 0.25) is 0 Å². The average molecular weight is 291 g/mol. The van der Waals surface area contributed by atoms with Crippen molar-refractivity contribution in [1.29, 1.82) is 0 Å². The Labute approximate surface area is 125 Å². The molecule has 0 N–H and O–H groups in total. The van der Waals surface area contributed by atoms with Crippen LogP contribution in [-0.4, -0.2) is 12.6 Å². The van der Waals surface area contributed by atoms with Crippen molar-refractivity contribution in [3.8, 4) is 0 Å². The van der Waals surface area contributed by atoms with E-state index in [4.69, 9.17) is 10.3 Å². The van der Waals surface area contributed by atoms with Gasteiger partial charge in [-0.15, -0.1) is 0 Å². The largest absolute Gasteiger partial charge is 0.366 e. The van der Waals surface area contributed by atoms with Crippen molar-refractivity contribution in [3.05, 3.63) is 58.2 Å². The lowest BCUT2D eigenvalue weighted by atomic mass is 10.1. The minimum atomic E-state index is -0.564. The van der Waals surface area contributed by atoms with Crippen LogP contribution in [0.2, 0.25) is 0 Å². The molecule has 0 aliphatic rings. The molecule has 0 aromatic heterocycles. The Morgan fingerprint density at radius 3 is 2.81 bits per heavy atom. The summed E-state index contributed by atoms with van der Waals surface area (Å²) < 4.78 is 19.8. The summed E-state index contributed by atoms with van der Waals surface area (Å²) in [6, 6.07) is 9.69. The third kappa shape index (κ3) is 7.49. The van der Waals surface area contributed by atoms with Crippen molar-refractivity contribution in [3.63, 3.8) is 0 Å². The van der Waals surface area contributed by atoms with E-state index in [9.17, 15) is 4.39 Å². The summed E-state index contributed by atoms with van der Waals surface area (Å²) in [5.74, 6) is -0.352. The van der Waals surface area contributed by atoms with E-state index in [2.05, 4.69) is 16.9 Å². The van der Waals surface area contributed by atoms with Gasteiger partial charge in [-0.1, -0.05) is 61.6 Å². The van der Waals surface area contributed by atoms with Crippen LogP contribution in [-0.2, 0) is 11.3 Å². The summed E-state index contributed by atoms with van der Waals surface area (Å²) in [6.45, 7) is 2.50. The Morgan fingerprint density at radius 1 is 1.38 bits per heavy atom. The second-order valence-electron chi connectivity index (χ2n) is 4.78. The molecule has 1 aromatic rings. The topological polar surface area (TPSA) is 58.0 Å². The second kappa shape index (κ2) is 10.9. The zero-order chi connectivity index (χ0) is 15.3. The summed E-state index contributed by atoms with van der Waals surface area (Å²) in [6.07, 6.45) is 4.41. The normalized spacial score (nSPS) is 12.8. The number of hydrogen-bond acceptors (Lipinski definition) is 2. The first-order valence-corrected chi connectivity index (χ1v) is 7.29. The predicted octanol–water partition coefficient (Wildman–Crippen LogP) is 5.32. The number of rotatable bonds is 10. The van der Waals surface area contributed by atoms with E-state index in [-0.39, 0.29) is 12.4 Å². The number of hydrogen-bond donors (Lipinski definition) is 0. The van der Waals surface area contributed by atoms with Crippen LogP contribution in [0.1, 0.15) is 38.2 Å². The summed E-state index contributed by atoms with van der Waals surface area (Å²) >= 11 is 0. The molecular formula is C16H22FN3O. The van der Waals surface area contributed by atoms with E-state index in [0.717, 1.165) is 24.8 Å². The molecule has 0 heterocycles. The highest BCUT2D eigenvalue weighted by Gasteiger charge is 2.14. The molecule has 114 valence electrons.